The highest BCUT2D eigenvalue weighted by molar-refractivity contribution is 6.35. The SMILES string of the molecule is CCCCC(CC)CN1C(=O)C=CC1=O.CCCCC(CC)CN1C(=O)CC(Cl)C1=O. The predicted octanol–water partition coefficient (Wildman–Crippen LogP) is 4.70. The van der Waals surface area contributed by atoms with Gasteiger partial charge >= 0.3 is 0 Å². The van der Waals surface area contributed by atoms with Crippen LogP contribution in [0.15, 0.2) is 12.2 Å². The fourth-order valence-electron chi connectivity index (χ4n) is 3.80. The first-order valence-electron chi connectivity index (χ1n) is 11.8. The highest BCUT2D eigenvalue weighted by atomic mass is 35.5. The van der Waals surface area contributed by atoms with Crippen LogP contribution in [-0.4, -0.2) is 51.9 Å². The van der Waals surface area contributed by atoms with E-state index < -0.39 is 5.38 Å². The summed E-state index contributed by atoms with van der Waals surface area (Å²) in [4.78, 5) is 48.5. The second kappa shape index (κ2) is 14.4. The van der Waals surface area contributed by atoms with Gasteiger partial charge in [-0.1, -0.05) is 66.2 Å². The molecule has 2 aliphatic rings. The number of unbranched alkanes of at least 4 members (excludes halogenated alkanes) is 2. The summed E-state index contributed by atoms with van der Waals surface area (Å²) < 4.78 is 0. The van der Waals surface area contributed by atoms with Gasteiger partial charge in [0.1, 0.15) is 5.38 Å². The first kappa shape index (κ1) is 27.3. The molecule has 7 heteroatoms. The molecule has 3 atom stereocenters. The smallest absolute Gasteiger partial charge is 0.253 e. The van der Waals surface area contributed by atoms with Gasteiger partial charge < -0.3 is 0 Å². The van der Waals surface area contributed by atoms with E-state index in [1.807, 2.05) is 0 Å². The molecule has 0 saturated carbocycles. The van der Waals surface area contributed by atoms with Gasteiger partial charge in [0.05, 0.1) is 6.42 Å². The number of imide groups is 2. The Morgan fingerprint density at radius 2 is 1.29 bits per heavy atom. The number of hydrogen-bond acceptors (Lipinski definition) is 4. The Morgan fingerprint density at radius 1 is 0.839 bits per heavy atom. The normalized spacial score (nSPS) is 20.4. The van der Waals surface area contributed by atoms with Crippen molar-refractivity contribution in [3.8, 4) is 0 Å². The maximum Gasteiger partial charge on any atom is 0.253 e. The lowest BCUT2D eigenvalue weighted by Crippen LogP contribution is -2.35. The summed E-state index contributed by atoms with van der Waals surface area (Å²) in [6, 6.07) is 0. The summed E-state index contributed by atoms with van der Waals surface area (Å²) in [6.45, 7) is 9.65. The lowest BCUT2D eigenvalue weighted by molar-refractivity contribution is -0.140. The summed E-state index contributed by atoms with van der Waals surface area (Å²) in [5, 5.41) is -0.629. The monoisotopic (exact) mass is 454 g/mol. The molecule has 1 fully saturated rings. The number of nitrogens with zero attached hydrogens (tertiary/aromatic N) is 2. The second-order valence-electron chi connectivity index (χ2n) is 8.47. The highest BCUT2D eigenvalue weighted by Gasteiger charge is 2.37. The van der Waals surface area contributed by atoms with Gasteiger partial charge in [-0.25, -0.2) is 0 Å². The van der Waals surface area contributed by atoms with Crippen LogP contribution in [0.4, 0.5) is 0 Å². The summed E-state index contributed by atoms with van der Waals surface area (Å²) in [6.07, 6.45) is 11.7. The number of amides is 4. The third kappa shape index (κ3) is 8.76. The molecule has 4 amide bonds. The van der Waals surface area contributed by atoms with E-state index in [9.17, 15) is 19.2 Å². The minimum Gasteiger partial charge on any atom is -0.281 e. The molecule has 1 saturated heterocycles. The molecule has 0 aliphatic carbocycles. The molecule has 0 spiro atoms. The molecular weight excluding hydrogens is 416 g/mol. The molecule has 0 N–H and O–H groups in total. The highest BCUT2D eigenvalue weighted by Crippen LogP contribution is 2.22. The molecule has 0 aromatic rings. The molecule has 31 heavy (non-hydrogen) atoms. The van der Waals surface area contributed by atoms with Crippen molar-refractivity contribution in [2.75, 3.05) is 13.1 Å². The molecule has 0 radical (unpaired) electrons. The molecule has 3 unspecified atom stereocenters. The van der Waals surface area contributed by atoms with Crippen LogP contribution < -0.4 is 0 Å². The van der Waals surface area contributed by atoms with E-state index in [0.29, 0.717) is 24.9 Å². The quantitative estimate of drug-likeness (QED) is 0.316. The zero-order valence-electron chi connectivity index (χ0n) is 19.6. The van der Waals surface area contributed by atoms with Gasteiger partial charge in [0.15, 0.2) is 0 Å². The number of hydrogen-bond donors (Lipinski definition) is 0. The van der Waals surface area contributed by atoms with Crippen LogP contribution in [-0.2, 0) is 19.2 Å². The van der Waals surface area contributed by atoms with Gasteiger partial charge in [0.2, 0.25) is 11.8 Å². The Balaban J connectivity index is 0.000000311. The fraction of sp³-hybridized carbons (Fsp3) is 0.750. The van der Waals surface area contributed by atoms with Crippen LogP contribution in [0.2, 0.25) is 0 Å². The standard InChI is InChI=1S/C12H20ClNO2.C12H19NO2/c1-3-5-6-9(4-2)8-14-11(15)7-10(13)12(14)16;1-3-5-6-10(4-2)9-13-11(14)7-8-12(13)15/h9-10H,3-8H2,1-2H3;7-8,10H,3-6,9H2,1-2H3. The minimum atomic E-state index is -0.629. The number of halogens is 1. The Morgan fingerprint density at radius 3 is 1.65 bits per heavy atom. The summed E-state index contributed by atoms with van der Waals surface area (Å²) in [5.74, 6) is 0.249. The van der Waals surface area contributed by atoms with E-state index in [0.717, 1.165) is 44.9 Å². The lowest BCUT2D eigenvalue weighted by Gasteiger charge is -2.21. The summed E-state index contributed by atoms with van der Waals surface area (Å²) in [7, 11) is 0. The molecule has 0 aromatic carbocycles. The largest absolute Gasteiger partial charge is 0.281 e. The Hall–Kier alpha value is -1.69. The average Bonchev–Trinajstić information content (AvgIpc) is 3.20. The van der Waals surface area contributed by atoms with Crippen LogP contribution in [0.5, 0.6) is 0 Å². The van der Waals surface area contributed by atoms with E-state index in [2.05, 4.69) is 27.7 Å². The molecule has 176 valence electrons. The van der Waals surface area contributed by atoms with E-state index in [-0.39, 0.29) is 30.0 Å². The maximum absolute atomic E-state index is 11.6. The Labute approximate surface area is 192 Å². The van der Waals surface area contributed by atoms with Crippen LogP contribution >= 0.6 is 11.6 Å². The number of alkyl halides is 1. The van der Waals surface area contributed by atoms with Crippen LogP contribution in [0.1, 0.15) is 85.5 Å². The average molecular weight is 455 g/mol. The molecule has 2 heterocycles. The Kier molecular flexibility index (Phi) is 12.7. The van der Waals surface area contributed by atoms with Crippen molar-refractivity contribution < 1.29 is 19.2 Å². The molecule has 2 aliphatic heterocycles. The zero-order chi connectivity index (χ0) is 23.4. The van der Waals surface area contributed by atoms with Crippen molar-refractivity contribution in [3.05, 3.63) is 12.2 Å². The van der Waals surface area contributed by atoms with Crippen molar-refractivity contribution in [1.82, 2.24) is 9.80 Å². The topological polar surface area (TPSA) is 74.8 Å². The van der Waals surface area contributed by atoms with Gasteiger partial charge in [-0.05, 0) is 24.7 Å². The van der Waals surface area contributed by atoms with Crippen LogP contribution in [0.25, 0.3) is 0 Å². The van der Waals surface area contributed by atoms with Crippen molar-refractivity contribution in [3.63, 3.8) is 0 Å². The molecule has 0 aromatic heterocycles. The second-order valence-corrected chi connectivity index (χ2v) is 8.99. The first-order chi connectivity index (χ1) is 14.8. The van der Waals surface area contributed by atoms with Crippen LogP contribution in [0, 0.1) is 11.8 Å². The van der Waals surface area contributed by atoms with Crippen LogP contribution in [0.3, 0.4) is 0 Å². The van der Waals surface area contributed by atoms with E-state index in [1.165, 1.54) is 28.4 Å². The minimum absolute atomic E-state index is 0.111. The third-order valence-corrected chi connectivity index (χ3v) is 6.40. The predicted molar refractivity (Wildman–Crippen MR) is 123 cm³/mol. The number of rotatable bonds is 12. The Bertz CT molecular complexity index is 631. The molecule has 2 rings (SSSR count). The zero-order valence-corrected chi connectivity index (χ0v) is 20.3. The van der Waals surface area contributed by atoms with E-state index in [1.54, 1.807) is 0 Å². The summed E-state index contributed by atoms with van der Waals surface area (Å²) >= 11 is 5.77. The molecule has 0 bridgehead atoms. The fourth-order valence-corrected chi connectivity index (χ4v) is 4.05. The van der Waals surface area contributed by atoms with Gasteiger partial charge in [-0.2, -0.15) is 0 Å². The van der Waals surface area contributed by atoms with Gasteiger partial charge in [0.25, 0.3) is 11.8 Å². The first-order valence-corrected chi connectivity index (χ1v) is 12.2. The molecular formula is C24H39ClN2O4. The van der Waals surface area contributed by atoms with E-state index >= 15 is 0 Å². The van der Waals surface area contributed by atoms with Gasteiger partial charge in [0, 0.05) is 25.2 Å². The number of carbonyl (C=O) groups excluding carboxylic acids is 4. The van der Waals surface area contributed by atoms with Gasteiger partial charge in [-0.3, -0.25) is 29.0 Å². The van der Waals surface area contributed by atoms with Crippen molar-refractivity contribution in [2.24, 2.45) is 11.8 Å². The van der Waals surface area contributed by atoms with Crippen molar-refractivity contribution in [2.45, 2.75) is 90.9 Å². The van der Waals surface area contributed by atoms with Crippen molar-refractivity contribution >= 4 is 35.2 Å². The number of carbonyl (C=O) groups is 4. The van der Waals surface area contributed by atoms with E-state index in [4.69, 9.17) is 11.6 Å². The molecule has 6 nitrogen and oxygen atoms in total. The van der Waals surface area contributed by atoms with Gasteiger partial charge in [-0.15, -0.1) is 11.6 Å². The third-order valence-electron chi connectivity index (χ3n) is 6.06. The maximum atomic E-state index is 11.6. The number of likely N-dealkylation sites (tertiary alicyclic amines) is 1. The van der Waals surface area contributed by atoms with Crippen molar-refractivity contribution in [1.29, 1.82) is 0 Å². The lowest BCUT2D eigenvalue weighted by atomic mass is 9.99. The summed E-state index contributed by atoms with van der Waals surface area (Å²) in [5.41, 5.74) is 0.